The minimum Gasteiger partial charge on any atom is -0.465 e. The van der Waals surface area contributed by atoms with Crippen molar-refractivity contribution in [1.29, 1.82) is 0 Å². The molecule has 0 spiro atoms. The molecule has 2 heterocycles. The number of carbonyl (C=O) groups is 3. The van der Waals surface area contributed by atoms with Gasteiger partial charge in [-0.1, -0.05) is 18.2 Å². The minimum absolute atomic E-state index is 0.0753. The van der Waals surface area contributed by atoms with E-state index >= 15 is 0 Å². The number of hydrogen-bond acceptors (Lipinski definition) is 6. The number of rotatable bonds is 6. The average molecular weight is 410 g/mol. The first-order valence-electron chi connectivity index (χ1n) is 9.97. The summed E-state index contributed by atoms with van der Waals surface area (Å²) in [6, 6.07) is 7.54. The molecule has 1 aromatic carbocycles. The molecule has 1 fully saturated rings. The summed E-state index contributed by atoms with van der Waals surface area (Å²) in [7, 11) is 2.53. The largest absolute Gasteiger partial charge is 0.465 e. The SMILES string of the molecule is COC(=O)C1=C(C(=O)OC)N(c2ccc(CCC(=O)N3CCCC3)cc2)C=CC=C1. The van der Waals surface area contributed by atoms with Crippen LogP contribution in [0, 0.1) is 0 Å². The van der Waals surface area contributed by atoms with Gasteiger partial charge < -0.3 is 19.3 Å². The molecule has 3 rings (SSSR count). The van der Waals surface area contributed by atoms with Gasteiger partial charge in [-0.05, 0) is 49.1 Å². The van der Waals surface area contributed by atoms with Gasteiger partial charge in [0, 0.05) is 31.4 Å². The van der Waals surface area contributed by atoms with Crippen LogP contribution < -0.4 is 4.90 Å². The van der Waals surface area contributed by atoms with E-state index in [1.807, 2.05) is 29.2 Å². The van der Waals surface area contributed by atoms with E-state index in [2.05, 4.69) is 0 Å². The van der Waals surface area contributed by atoms with Crippen LogP contribution >= 0.6 is 0 Å². The molecule has 0 N–H and O–H groups in total. The molecular weight excluding hydrogens is 384 g/mol. The van der Waals surface area contributed by atoms with Crippen molar-refractivity contribution in [2.75, 3.05) is 32.2 Å². The standard InChI is InChI=1S/C23H26N2O5/c1-29-22(27)19-7-3-4-16-25(21(19)23(28)30-2)18-11-8-17(9-12-18)10-13-20(26)24-14-5-6-15-24/h3-4,7-9,11-12,16H,5-6,10,13-15H2,1-2H3. The van der Waals surface area contributed by atoms with Crippen molar-refractivity contribution in [1.82, 2.24) is 4.90 Å². The van der Waals surface area contributed by atoms with Gasteiger partial charge in [0.05, 0.1) is 19.8 Å². The van der Waals surface area contributed by atoms with Gasteiger partial charge in [-0.3, -0.25) is 4.79 Å². The summed E-state index contributed by atoms with van der Waals surface area (Å²) in [6.45, 7) is 1.72. The van der Waals surface area contributed by atoms with Gasteiger partial charge in [0.1, 0.15) is 5.70 Å². The summed E-state index contributed by atoms with van der Waals surface area (Å²) in [6.07, 6.45) is 9.89. The van der Waals surface area contributed by atoms with Gasteiger partial charge >= 0.3 is 11.9 Å². The van der Waals surface area contributed by atoms with Gasteiger partial charge in [0.15, 0.2) is 0 Å². The summed E-state index contributed by atoms with van der Waals surface area (Å²) in [5.74, 6) is -1.08. The quantitative estimate of drug-likeness (QED) is 0.672. The number of esters is 2. The third-order valence-corrected chi connectivity index (χ3v) is 5.19. The van der Waals surface area contributed by atoms with Gasteiger partial charge in [-0.25, -0.2) is 9.59 Å². The van der Waals surface area contributed by atoms with Crippen molar-refractivity contribution in [2.45, 2.75) is 25.7 Å². The number of likely N-dealkylation sites (tertiary alicyclic amines) is 1. The smallest absolute Gasteiger partial charge is 0.355 e. The highest BCUT2D eigenvalue weighted by atomic mass is 16.5. The zero-order valence-electron chi connectivity index (χ0n) is 17.3. The molecule has 2 aliphatic heterocycles. The van der Waals surface area contributed by atoms with Crippen molar-refractivity contribution < 1.29 is 23.9 Å². The van der Waals surface area contributed by atoms with Crippen LogP contribution in [0.2, 0.25) is 0 Å². The second kappa shape index (κ2) is 9.91. The molecule has 158 valence electrons. The molecule has 7 nitrogen and oxygen atoms in total. The van der Waals surface area contributed by atoms with Crippen LogP contribution in [0.3, 0.4) is 0 Å². The van der Waals surface area contributed by atoms with Gasteiger partial charge in [0.25, 0.3) is 0 Å². The molecule has 0 aliphatic carbocycles. The fourth-order valence-corrected chi connectivity index (χ4v) is 3.56. The van der Waals surface area contributed by atoms with Gasteiger partial charge in [-0.15, -0.1) is 0 Å². The number of benzene rings is 1. The van der Waals surface area contributed by atoms with E-state index < -0.39 is 11.9 Å². The molecule has 1 amide bonds. The number of methoxy groups -OCH3 is 2. The van der Waals surface area contributed by atoms with E-state index in [0.717, 1.165) is 31.5 Å². The van der Waals surface area contributed by atoms with Crippen molar-refractivity contribution >= 4 is 23.5 Å². The lowest BCUT2D eigenvalue weighted by atomic mass is 10.1. The number of hydrogen-bond donors (Lipinski definition) is 0. The second-order valence-corrected chi connectivity index (χ2v) is 7.07. The Hall–Kier alpha value is -3.35. The third-order valence-electron chi connectivity index (χ3n) is 5.19. The number of allylic oxidation sites excluding steroid dienone is 2. The number of nitrogens with zero attached hydrogens (tertiary/aromatic N) is 2. The lowest BCUT2D eigenvalue weighted by Crippen LogP contribution is -2.27. The van der Waals surface area contributed by atoms with Gasteiger partial charge in [-0.2, -0.15) is 0 Å². The number of carbonyl (C=O) groups excluding carboxylic acids is 3. The maximum atomic E-state index is 12.5. The summed E-state index contributed by atoms with van der Waals surface area (Å²) in [5, 5.41) is 0. The number of ether oxygens (including phenoxy) is 2. The molecule has 0 aromatic heterocycles. The van der Waals surface area contributed by atoms with Crippen LogP contribution in [0.4, 0.5) is 5.69 Å². The maximum absolute atomic E-state index is 12.5. The lowest BCUT2D eigenvalue weighted by molar-refractivity contribution is -0.139. The predicted molar refractivity (Wildman–Crippen MR) is 112 cm³/mol. The first-order chi connectivity index (χ1) is 14.5. The molecular formula is C23H26N2O5. The molecule has 2 aliphatic rings. The van der Waals surface area contributed by atoms with Crippen molar-refractivity contribution in [2.24, 2.45) is 0 Å². The summed E-state index contributed by atoms with van der Waals surface area (Å²) in [4.78, 5) is 40.4. The Morgan fingerprint density at radius 3 is 2.23 bits per heavy atom. The van der Waals surface area contributed by atoms with E-state index in [-0.39, 0.29) is 17.2 Å². The Balaban J connectivity index is 1.80. The molecule has 30 heavy (non-hydrogen) atoms. The Kier molecular flexibility index (Phi) is 7.06. The monoisotopic (exact) mass is 410 g/mol. The maximum Gasteiger partial charge on any atom is 0.355 e. The van der Waals surface area contributed by atoms with Crippen LogP contribution in [0.25, 0.3) is 0 Å². The first kappa shape index (κ1) is 21.4. The number of amides is 1. The van der Waals surface area contributed by atoms with E-state index in [9.17, 15) is 14.4 Å². The van der Waals surface area contributed by atoms with Crippen molar-refractivity contribution in [3.63, 3.8) is 0 Å². The molecule has 0 bridgehead atoms. The van der Waals surface area contributed by atoms with Crippen LogP contribution in [0.15, 0.2) is 60.0 Å². The molecule has 1 saturated heterocycles. The summed E-state index contributed by atoms with van der Waals surface area (Å²) in [5.41, 5.74) is 1.90. The highest BCUT2D eigenvalue weighted by Gasteiger charge is 2.27. The Morgan fingerprint density at radius 1 is 0.933 bits per heavy atom. The second-order valence-electron chi connectivity index (χ2n) is 7.07. The third kappa shape index (κ3) is 4.79. The Morgan fingerprint density at radius 2 is 1.60 bits per heavy atom. The lowest BCUT2D eigenvalue weighted by Gasteiger charge is -2.23. The highest BCUT2D eigenvalue weighted by molar-refractivity contribution is 6.05. The normalized spacial score (nSPS) is 15.9. The predicted octanol–water partition coefficient (Wildman–Crippen LogP) is 2.73. The van der Waals surface area contributed by atoms with Gasteiger partial charge in [0.2, 0.25) is 5.91 Å². The van der Waals surface area contributed by atoms with Crippen LogP contribution in [0.5, 0.6) is 0 Å². The number of aryl methyl sites for hydroxylation is 1. The van der Waals surface area contributed by atoms with Crippen LogP contribution in [-0.2, 0) is 30.3 Å². The number of anilines is 1. The van der Waals surface area contributed by atoms with Crippen molar-refractivity contribution in [3.05, 3.63) is 65.5 Å². The fourth-order valence-electron chi connectivity index (χ4n) is 3.56. The zero-order chi connectivity index (χ0) is 21.5. The topological polar surface area (TPSA) is 76.2 Å². The van der Waals surface area contributed by atoms with E-state index in [1.165, 1.54) is 20.3 Å². The molecule has 0 radical (unpaired) electrons. The zero-order valence-corrected chi connectivity index (χ0v) is 17.3. The molecule has 0 atom stereocenters. The van der Waals surface area contributed by atoms with Crippen LogP contribution in [-0.4, -0.2) is 50.1 Å². The van der Waals surface area contributed by atoms with E-state index in [1.54, 1.807) is 23.3 Å². The molecule has 0 saturated carbocycles. The van der Waals surface area contributed by atoms with E-state index in [0.29, 0.717) is 18.5 Å². The highest BCUT2D eigenvalue weighted by Crippen LogP contribution is 2.27. The molecule has 0 unspecified atom stereocenters. The molecule has 1 aromatic rings. The first-order valence-corrected chi connectivity index (χ1v) is 9.97. The average Bonchev–Trinajstić information content (AvgIpc) is 3.23. The fraction of sp³-hybridized carbons (Fsp3) is 0.348. The summed E-state index contributed by atoms with van der Waals surface area (Å²) >= 11 is 0. The van der Waals surface area contributed by atoms with Crippen molar-refractivity contribution in [3.8, 4) is 0 Å². The molecule has 7 heteroatoms. The Labute approximate surface area is 176 Å². The minimum atomic E-state index is -0.646. The Bertz CT molecular complexity index is 893. The van der Waals surface area contributed by atoms with Crippen LogP contribution in [0.1, 0.15) is 24.8 Å². The summed E-state index contributed by atoms with van der Waals surface area (Å²) < 4.78 is 9.73. The van der Waals surface area contributed by atoms with E-state index in [4.69, 9.17) is 9.47 Å².